The normalized spacial score (nSPS) is 14.7. The number of carbonyl (C=O) groups is 1. The Morgan fingerprint density at radius 1 is 1.09 bits per heavy atom. The molecule has 23 heavy (non-hydrogen) atoms. The number of hydrogen-bond acceptors (Lipinski definition) is 7. The Morgan fingerprint density at radius 3 is 2.52 bits per heavy atom. The largest absolute Gasteiger partial charge is 0.489 e. The highest BCUT2D eigenvalue weighted by molar-refractivity contribution is 5.90. The second-order valence-electron chi connectivity index (χ2n) is 5.03. The Bertz CT molecular complexity index is 672. The molecule has 7 nitrogen and oxygen atoms in total. The summed E-state index contributed by atoms with van der Waals surface area (Å²) in [7, 11) is 1.36. The molecule has 7 heteroatoms. The van der Waals surface area contributed by atoms with E-state index in [4.69, 9.17) is 9.47 Å². The minimum absolute atomic E-state index is 0.196. The highest BCUT2D eigenvalue weighted by Crippen LogP contribution is 2.23. The van der Waals surface area contributed by atoms with Crippen LogP contribution in [-0.4, -0.2) is 13.1 Å². The molecule has 0 amide bonds. The van der Waals surface area contributed by atoms with Crippen molar-refractivity contribution in [3.8, 4) is 5.75 Å². The summed E-state index contributed by atoms with van der Waals surface area (Å²) in [5.41, 5.74) is 13.8. The number of hydrazine groups is 3. The number of nitrogens with one attached hydrogen (secondary N) is 4. The average Bonchev–Trinajstić information content (AvgIpc) is 3.14. The molecule has 0 bridgehead atoms. The fourth-order valence-electron chi connectivity index (χ4n) is 2.27. The molecule has 2 aromatic rings. The zero-order valence-corrected chi connectivity index (χ0v) is 12.6. The number of methoxy groups -OCH3 is 1. The van der Waals surface area contributed by atoms with Gasteiger partial charge < -0.3 is 9.47 Å². The van der Waals surface area contributed by atoms with Gasteiger partial charge in [0.25, 0.3) is 0 Å². The van der Waals surface area contributed by atoms with E-state index in [1.165, 1.54) is 7.11 Å². The molecule has 2 aromatic carbocycles. The van der Waals surface area contributed by atoms with Crippen LogP contribution in [-0.2, 0) is 11.3 Å². The maximum atomic E-state index is 11.9. The van der Waals surface area contributed by atoms with Gasteiger partial charge in [0.1, 0.15) is 18.5 Å². The number of benzene rings is 2. The molecular formula is C16H18N4O3. The van der Waals surface area contributed by atoms with Crippen LogP contribution in [0.25, 0.3) is 0 Å². The van der Waals surface area contributed by atoms with Crippen LogP contribution in [0, 0.1) is 0 Å². The molecule has 0 aliphatic carbocycles. The van der Waals surface area contributed by atoms with Crippen LogP contribution in [0.15, 0.2) is 48.5 Å². The monoisotopic (exact) mass is 314 g/mol. The van der Waals surface area contributed by atoms with Gasteiger partial charge in [0.15, 0.2) is 0 Å². The van der Waals surface area contributed by atoms with Crippen LogP contribution in [0.3, 0.4) is 0 Å². The molecule has 4 N–H and O–H groups in total. The Labute approximate surface area is 133 Å². The van der Waals surface area contributed by atoms with Crippen LogP contribution in [0.1, 0.15) is 27.7 Å². The van der Waals surface area contributed by atoms with E-state index in [2.05, 4.69) is 21.9 Å². The molecule has 3 rings (SSSR count). The summed E-state index contributed by atoms with van der Waals surface area (Å²) in [5.74, 6) is 0.192. The zero-order chi connectivity index (χ0) is 16.1. The molecule has 1 aliphatic heterocycles. The van der Waals surface area contributed by atoms with Crippen LogP contribution in [0.5, 0.6) is 5.75 Å². The van der Waals surface area contributed by atoms with E-state index in [9.17, 15) is 4.79 Å². The summed E-state index contributed by atoms with van der Waals surface area (Å²) in [6, 6.07) is 15.1. The van der Waals surface area contributed by atoms with Gasteiger partial charge in [0.2, 0.25) is 0 Å². The number of esters is 1. The molecule has 0 unspecified atom stereocenters. The molecule has 0 aromatic heterocycles. The topological polar surface area (TPSA) is 83.7 Å². The SMILES string of the molecule is COC(=O)c1cc(OCc2ccccc2)cc(C2NNNN2)c1. The molecule has 0 saturated carbocycles. The van der Waals surface area contributed by atoms with Gasteiger partial charge in [-0.3, -0.25) is 0 Å². The third kappa shape index (κ3) is 3.85. The lowest BCUT2D eigenvalue weighted by atomic mass is 10.1. The Kier molecular flexibility index (Phi) is 4.84. The Balaban J connectivity index is 1.82. The van der Waals surface area contributed by atoms with E-state index >= 15 is 0 Å². The van der Waals surface area contributed by atoms with Crippen molar-refractivity contribution in [3.63, 3.8) is 0 Å². The Morgan fingerprint density at radius 2 is 1.83 bits per heavy atom. The Hall–Kier alpha value is -2.45. The first-order valence-corrected chi connectivity index (χ1v) is 7.17. The third-order valence-electron chi connectivity index (χ3n) is 3.43. The van der Waals surface area contributed by atoms with Crippen molar-refractivity contribution >= 4 is 5.97 Å². The number of hydrogen-bond donors (Lipinski definition) is 4. The van der Waals surface area contributed by atoms with Gasteiger partial charge in [0, 0.05) is 0 Å². The molecule has 1 heterocycles. The fourth-order valence-corrected chi connectivity index (χ4v) is 2.27. The van der Waals surface area contributed by atoms with E-state index < -0.39 is 5.97 Å². The van der Waals surface area contributed by atoms with E-state index in [0.29, 0.717) is 17.9 Å². The highest BCUT2D eigenvalue weighted by atomic mass is 16.5. The molecule has 120 valence electrons. The molecule has 1 saturated heterocycles. The van der Waals surface area contributed by atoms with Crippen molar-refractivity contribution in [1.29, 1.82) is 0 Å². The average molecular weight is 314 g/mol. The summed E-state index contributed by atoms with van der Waals surface area (Å²) >= 11 is 0. The smallest absolute Gasteiger partial charge is 0.337 e. The molecule has 0 spiro atoms. The first-order chi connectivity index (χ1) is 11.3. The first-order valence-electron chi connectivity index (χ1n) is 7.17. The van der Waals surface area contributed by atoms with Crippen molar-refractivity contribution in [3.05, 3.63) is 65.2 Å². The summed E-state index contributed by atoms with van der Waals surface area (Å²) < 4.78 is 10.6. The number of carbonyl (C=O) groups excluding carboxylic acids is 1. The van der Waals surface area contributed by atoms with E-state index in [1.807, 2.05) is 36.4 Å². The van der Waals surface area contributed by atoms with E-state index in [0.717, 1.165) is 11.1 Å². The highest BCUT2D eigenvalue weighted by Gasteiger charge is 2.18. The number of rotatable bonds is 5. The molecule has 0 radical (unpaired) electrons. The minimum atomic E-state index is -0.407. The lowest BCUT2D eigenvalue weighted by molar-refractivity contribution is 0.0600. The van der Waals surface area contributed by atoms with Gasteiger partial charge in [-0.15, -0.1) is 0 Å². The summed E-state index contributed by atoms with van der Waals surface area (Å²) in [6.07, 6.45) is -0.196. The van der Waals surface area contributed by atoms with Crippen LogP contribution < -0.4 is 26.7 Å². The lowest BCUT2D eigenvalue weighted by Crippen LogP contribution is -2.33. The maximum absolute atomic E-state index is 11.9. The van der Waals surface area contributed by atoms with E-state index in [-0.39, 0.29) is 6.17 Å². The van der Waals surface area contributed by atoms with Crippen molar-refractivity contribution in [2.75, 3.05) is 7.11 Å². The number of ether oxygens (including phenoxy) is 2. The van der Waals surface area contributed by atoms with Gasteiger partial charge in [0.05, 0.1) is 12.7 Å². The summed E-state index contributed by atoms with van der Waals surface area (Å²) in [4.78, 5) is 11.9. The third-order valence-corrected chi connectivity index (χ3v) is 3.43. The van der Waals surface area contributed by atoms with Gasteiger partial charge >= 0.3 is 5.97 Å². The second kappa shape index (κ2) is 7.21. The van der Waals surface area contributed by atoms with Crippen molar-refractivity contribution in [2.45, 2.75) is 12.8 Å². The van der Waals surface area contributed by atoms with Crippen LogP contribution in [0.4, 0.5) is 0 Å². The van der Waals surface area contributed by atoms with Crippen molar-refractivity contribution < 1.29 is 14.3 Å². The minimum Gasteiger partial charge on any atom is -0.489 e. The van der Waals surface area contributed by atoms with Crippen LogP contribution in [0.2, 0.25) is 0 Å². The standard InChI is InChI=1S/C16H18N4O3/c1-22-16(21)13-7-12(15-17-19-20-18-15)8-14(9-13)23-10-11-5-3-2-4-6-11/h2-9,15,17-20H,10H2,1H3. The first kappa shape index (κ1) is 15.4. The summed E-state index contributed by atoms with van der Waals surface area (Å²) in [5, 5.41) is 0. The molecular weight excluding hydrogens is 296 g/mol. The van der Waals surface area contributed by atoms with Crippen LogP contribution >= 0.6 is 0 Å². The fraction of sp³-hybridized carbons (Fsp3) is 0.188. The van der Waals surface area contributed by atoms with Crippen molar-refractivity contribution in [2.24, 2.45) is 0 Å². The second-order valence-corrected chi connectivity index (χ2v) is 5.03. The zero-order valence-electron chi connectivity index (χ0n) is 12.6. The predicted molar refractivity (Wildman–Crippen MR) is 83.8 cm³/mol. The van der Waals surface area contributed by atoms with Gasteiger partial charge in [-0.2, -0.15) is 11.1 Å². The lowest BCUT2D eigenvalue weighted by Gasteiger charge is -2.14. The van der Waals surface area contributed by atoms with E-state index in [1.54, 1.807) is 12.1 Å². The summed E-state index contributed by atoms with van der Waals surface area (Å²) in [6.45, 7) is 0.424. The molecule has 1 fully saturated rings. The maximum Gasteiger partial charge on any atom is 0.337 e. The van der Waals surface area contributed by atoms with Gasteiger partial charge in [-0.1, -0.05) is 30.3 Å². The molecule has 1 aliphatic rings. The quantitative estimate of drug-likeness (QED) is 0.617. The van der Waals surface area contributed by atoms with Crippen molar-refractivity contribution in [1.82, 2.24) is 21.9 Å². The van der Waals surface area contributed by atoms with Gasteiger partial charge in [-0.05, 0) is 29.3 Å². The molecule has 0 atom stereocenters. The predicted octanol–water partition coefficient (Wildman–Crippen LogP) is 1.17. The van der Waals surface area contributed by atoms with Gasteiger partial charge in [-0.25, -0.2) is 15.6 Å².